The normalized spacial score (nSPS) is 17.4. The van der Waals surface area contributed by atoms with Crippen molar-refractivity contribution in [1.29, 1.82) is 0 Å². The second-order valence-corrected chi connectivity index (χ2v) is 8.98. The number of para-hydroxylation sites is 1. The fourth-order valence-corrected chi connectivity index (χ4v) is 5.21. The lowest BCUT2D eigenvalue weighted by Gasteiger charge is -2.28. The molecule has 0 radical (unpaired) electrons. The van der Waals surface area contributed by atoms with Gasteiger partial charge in [0.05, 0.1) is 29.0 Å². The third-order valence-corrected chi connectivity index (χ3v) is 6.82. The van der Waals surface area contributed by atoms with E-state index in [1.54, 1.807) is 30.7 Å². The molecule has 0 amide bonds. The standard InChI is InChI=1S/C27H25N5O2S/c1-17-15-21(18(2)32(17)23-9-4-3-7-20(23)26(33)34)25-24(22-8-5-6-12-29-22)30-27(35)31(25)16-19-10-13-28-14-11-19/h3-15,24-25H,16H2,1-2H3,(H,30,35)(H,33,34)/t24-,25-/m1/s1. The van der Waals surface area contributed by atoms with Gasteiger partial charge in [-0.15, -0.1) is 0 Å². The first-order valence-electron chi connectivity index (χ1n) is 11.3. The van der Waals surface area contributed by atoms with Crippen molar-refractivity contribution in [2.24, 2.45) is 0 Å². The van der Waals surface area contributed by atoms with Crippen LogP contribution in [0.25, 0.3) is 5.69 Å². The minimum absolute atomic E-state index is 0.137. The van der Waals surface area contributed by atoms with Crippen LogP contribution in [0.5, 0.6) is 0 Å². The Kier molecular flexibility index (Phi) is 6.05. The molecule has 5 rings (SSSR count). The number of aromatic carboxylic acids is 1. The molecule has 0 unspecified atom stereocenters. The SMILES string of the molecule is Cc1cc([C@@H]2[C@@H](c3ccccn3)NC(=S)N2Cc2ccncc2)c(C)n1-c1ccccc1C(=O)O. The van der Waals surface area contributed by atoms with E-state index in [4.69, 9.17) is 12.2 Å². The molecule has 7 nitrogen and oxygen atoms in total. The number of benzene rings is 1. The average molecular weight is 484 g/mol. The minimum atomic E-state index is -0.955. The molecule has 1 saturated heterocycles. The molecule has 3 aromatic heterocycles. The summed E-state index contributed by atoms with van der Waals surface area (Å²) in [6.45, 7) is 4.64. The van der Waals surface area contributed by atoms with Crippen molar-refractivity contribution in [3.8, 4) is 5.69 Å². The highest BCUT2D eigenvalue weighted by Crippen LogP contribution is 2.42. The lowest BCUT2D eigenvalue weighted by Crippen LogP contribution is -2.29. The van der Waals surface area contributed by atoms with Gasteiger partial charge in [-0.3, -0.25) is 9.97 Å². The first-order valence-corrected chi connectivity index (χ1v) is 11.7. The van der Waals surface area contributed by atoms with Crippen molar-refractivity contribution in [2.45, 2.75) is 32.5 Å². The predicted octanol–water partition coefficient (Wildman–Crippen LogP) is 4.76. The molecule has 1 aliphatic rings. The lowest BCUT2D eigenvalue weighted by molar-refractivity contribution is 0.0697. The zero-order chi connectivity index (χ0) is 24.5. The number of nitrogens with zero attached hydrogens (tertiary/aromatic N) is 4. The molecule has 2 N–H and O–H groups in total. The van der Waals surface area contributed by atoms with E-state index in [1.807, 2.05) is 60.9 Å². The van der Waals surface area contributed by atoms with Crippen molar-refractivity contribution in [2.75, 3.05) is 0 Å². The summed E-state index contributed by atoms with van der Waals surface area (Å²) in [6, 6.07) is 18.8. The summed E-state index contributed by atoms with van der Waals surface area (Å²) in [6.07, 6.45) is 5.35. The number of carbonyl (C=O) groups is 1. The quantitative estimate of drug-likeness (QED) is 0.383. The molecule has 1 fully saturated rings. The molecule has 1 aromatic carbocycles. The minimum Gasteiger partial charge on any atom is -0.478 e. The molecule has 2 atom stereocenters. The van der Waals surface area contributed by atoms with Gasteiger partial charge in [0.1, 0.15) is 0 Å². The van der Waals surface area contributed by atoms with Gasteiger partial charge in [0, 0.05) is 36.5 Å². The second kappa shape index (κ2) is 9.31. The summed E-state index contributed by atoms with van der Waals surface area (Å²) in [7, 11) is 0. The number of hydrogen-bond donors (Lipinski definition) is 2. The Hall–Kier alpha value is -4.04. The van der Waals surface area contributed by atoms with Crippen LogP contribution in [0.1, 0.15) is 50.7 Å². The van der Waals surface area contributed by atoms with E-state index in [0.29, 0.717) is 17.3 Å². The monoisotopic (exact) mass is 483 g/mol. The van der Waals surface area contributed by atoms with Crippen LogP contribution in [0.15, 0.2) is 79.3 Å². The maximum atomic E-state index is 12.0. The van der Waals surface area contributed by atoms with Gasteiger partial charge in [0.2, 0.25) is 0 Å². The summed E-state index contributed by atoms with van der Waals surface area (Å²) < 4.78 is 2.01. The molecule has 176 valence electrons. The van der Waals surface area contributed by atoms with Gasteiger partial charge in [0.15, 0.2) is 5.11 Å². The number of thiocarbonyl (C=S) groups is 1. The van der Waals surface area contributed by atoms with Crippen molar-refractivity contribution in [3.05, 3.63) is 113 Å². The topological polar surface area (TPSA) is 83.3 Å². The van der Waals surface area contributed by atoms with Gasteiger partial charge in [-0.1, -0.05) is 18.2 Å². The van der Waals surface area contributed by atoms with Crippen molar-refractivity contribution in [1.82, 2.24) is 24.8 Å². The predicted molar refractivity (Wildman–Crippen MR) is 137 cm³/mol. The number of aryl methyl sites for hydroxylation is 1. The maximum Gasteiger partial charge on any atom is 0.337 e. The van der Waals surface area contributed by atoms with E-state index in [1.165, 1.54) is 0 Å². The number of nitrogens with one attached hydrogen (secondary N) is 1. The molecule has 4 aromatic rings. The van der Waals surface area contributed by atoms with E-state index >= 15 is 0 Å². The van der Waals surface area contributed by atoms with Crippen LogP contribution in [0.2, 0.25) is 0 Å². The number of rotatable bonds is 6. The highest BCUT2D eigenvalue weighted by molar-refractivity contribution is 7.80. The largest absolute Gasteiger partial charge is 0.478 e. The van der Waals surface area contributed by atoms with E-state index in [0.717, 1.165) is 28.2 Å². The Balaban J connectivity index is 1.65. The number of aromatic nitrogens is 3. The number of pyridine rings is 2. The number of carboxylic acid groups (broad SMARTS) is 1. The smallest absolute Gasteiger partial charge is 0.337 e. The fourth-order valence-electron chi connectivity index (χ4n) is 4.91. The van der Waals surface area contributed by atoms with Gasteiger partial charge in [-0.25, -0.2) is 4.79 Å². The average Bonchev–Trinajstić information content (AvgIpc) is 3.35. The summed E-state index contributed by atoms with van der Waals surface area (Å²) in [5.41, 5.74) is 5.88. The van der Waals surface area contributed by atoms with Crippen LogP contribution in [0.4, 0.5) is 0 Å². The van der Waals surface area contributed by atoms with Crippen LogP contribution >= 0.6 is 12.2 Å². The van der Waals surface area contributed by atoms with Crippen molar-refractivity contribution >= 4 is 23.3 Å². The Labute approximate surface area is 209 Å². The molecular weight excluding hydrogens is 458 g/mol. The fraction of sp³-hybridized carbons (Fsp3) is 0.185. The van der Waals surface area contributed by atoms with Crippen molar-refractivity contribution in [3.63, 3.8) is 0 Å². The molecule has 0 aliphatic carbocycles. The molecular formula is C27H25N5O2S. The molecule has 35 heavy (non-hydrogen) atoms. The van der Waals surface area contributed by atoms with E-state index in [-0.39, 0.29) is 17.6 Å². The zero-order valence-corrected chi connectivity index (χ0v) is 20.2. The Morgan fingerprint density at radius 2 is 1.80 bits per heavy atom. The number of carboxylic acids is 1. The van der Waals surface area contributed by atoms with E-state index < -0.39 is 5.97 Å². The van der Waals surface area contributed by atoms with Crippen LogP contribution in [-0.2, 0) is 6.54 Å². The van der Waals surface area contributed by atoms with Crippen LogP contribution in [0.3, 0.4) is 0 Å². The Morgan fingerprint density at radius 3 is 2.51 bits per heavy atom. The summed E-state index contributed by atoms with van der Waals surface area (Å²) in [5, 5.41) is 13.9. The maximum absolute atomic E-state index is 12.0. The molecule has 0 saturated carbocycles. The Morgan fingerprint density at radius 1 is 1.06 bits per heavy atom. The third-order valence-electron chi connectivity index (χ3n) is 6.46. The van der Waals surface area contributed by atoms with Crippen LogP contribution < -0.4 is 5.32 Å². The molecule has 0 spiro atoms. The van der Waals surface area contributed by atoms with Crippen molar-refractivity contribution < 1.29 is 9.90 Å². The first kappa shape index (κ1) is 22.7. The molecule has 8 heteroatoms. The summed E-state index contributed by atoms with van der Waals surface area (Å²) in [5.74, 6) is -0.955. The van der Waals surface area contributed by atoms with Gasteiger partial charge < -0.3 is 19.9 Å². The second-order valence-electron chi connectivity index (χ2n) is 8.59. The summed E-state index contributed by atoms with van der Waals surface area (Å²) in [4.78, 5) is 22.9. The zero-order valence-electron chi connectivity index (χ0n) is 19.4. The highest BCUT2D eigenvalue weighted by atomic mass is 32.1. The first-order chi connectivity index (χ1) is 17.0. The van der Waals surface area contributed by atoms with Gasteiger partial charge in [0.25, 0.3) is 0 Å². The molecule has 1 aliphatic heterocycles. The molecule has 4 heterocycles. The molecule has 0 bridgehead atoms. The van der Waals surface area contributed by atoms with Crippen LogP contribution in [0, 0.1) is 13.8 Å². The van der Waals surface area contributed by atoms with Gasteiger partial charge >= 0.3 is 5.97 Å². The lowest BCUT2D eigenvalue weighted by atomic mass is 9.96. The van der Waals surface area contributed by atoms with Gasteiger partial charge in [-0.2, -0.15) is 0 Å². The van der Waals surface area contributed by atoms with Crippen LogP contribution in [-0.4, -0.2) is 35.6 Å². The highest BCUT2D eigenvalue weighted by Gasteiger charge is 2.41. The number of hydrogen-bond acceptors (Lipinski definition) is 4. The van der Waals surface area contributed by atoms with E-state index in [9.17, 15) is 9.90 Å². The summed E-state index contributed by atoms with van der Waals surface area (Å²) >= 11 is 5.81. The van der Waals surface area contributed by atoms with E-state index in [2.05, 4.69) is 26.3 Å². The Bertz CT molecular complexity index is 1390. The van der Waals surface area contributed by atoms with Gasteiger partial charge in [-0.05, 0) is 79.7 Å². The third kappa shape index (κ3) is 4.17.